The summed E-state index contributed by atoms with van der Waals surface area (Å²) in [5, 5.41) is 4.25. The molecular weight excluding hydrogens is 404 g/mol. The van der Waals surface area contributed by atoms with E-state index in [-0.39, 0.29) is 23.1 Å². The number of amides is 2. The van der Waals surface area contributed by atoms with E-state index in [1.807, 2.05) is 40.9 Å². The van der Waals surface area contributed by atoms with Gasteiger partial charge in [0.2, 0.25) is 11.8 Å². The van der Waals surface area contributed by atoms with E-state index in [1.165, 1.54) is 19.3 Å². The van der Waals surface area contributed by atoms with Crippen molar-refractivity contribution < 1.29 is 9.59 Å². The molecule has 6 heteroatoms. The van der Waals surface area contributed by atoms with Crippen molar-refractivity contribution in [1.29, 1.82) is 0 Å². The van der Waals surface area contributed by atoms with Gasteiger partial charge in [-0.25, -0.2) is 0 Å². The van der Waals surface area contributed by atoms with Crippen molar-refractivity contribution in [2.45, 2.75) is 87.6 Å². The Labute approximate surface area is 183 Å². The summed E-state index contributed by atoms with van der Waals surface area (Å²) in [5.74, 6) is 1.00. The molecule has 4 nitrogen and oxygen atoms in total. The lowest BCUT2D eigenvalue weighted by Crippen LogP contribution is -2.66. The zero-order chi connectivity index (χ0) is 20.3. The number of benzene rings is 1. The smallest absolute Gasteiger partial charge is 0.247 e. The largest absolute Gasteiger partial charge is 0.351 e. The fraction of sp³-hybridized carbons (Fsp3) is 0.652. The Bertz CT molecular complexity index is 735. The third-order valence-corrected chi connectivity index (χ3v) is 8.53. The lowest BCUT2D eigenvalue weighted by molar-refractivity contribution is -0.150. The molecule has 2 unspecified atom stereocenters. The van der Waals surface area contributed by atoms with Gasteiger partial charge < -0.3 is 10.2 Å². The van der Waals surface area contributed by atoms with Crippen LogP contribution in [0.15, 0.2) is 24.3 Å². The van der Waals surface area contributed by atoms with Crippen LogP contribution in [0.5, 0.6) is 0 Å². The van der Waals surface area contributed by atoms with E-state index in [0.29, 0.717) is 18.0 Å². The average molecular weight is 435 g/mol. The minimum absolute atomic E-state index is 0.0887. The second-order valence-corrected chi connectivity index (χ2v) is 10.4. The fourth-order valence-electron chi connectivity index (χ4n) is 5.24. The Balaban J connectivity index is 1.66. The molecule has 1 aromatic rings. The molecule has 1 aromatic carbocycles. The van der Waals surface area contributed by atoms with Gasteiger partial charge in [0.1, 0.15) is 5.54 Å². The number of thioether (sulfide) groups is 1. The van der Waals surface area contributed by atoms with E-state index in [2.05, 4.69) is 5.32 Å². The van der Waals surface area contributed by atoms with Crippen LogP contribution in [0.1, 0.15) is 69.8 Å². The Morgan fingerprint density at radius 3 is 2.59 bits per heavy atom. The molecular formula is C23H31ClN2O2S. The van der Waals surface area contributed by atoms with Crippen molar-refractivity contribution in [2.75, 3.05) is 5.75 Å². The molecule has 1 aliphatic heterocycles. The van der Waals surface area contributed by atoms with Gasteiger partial charge >= 0.3 is 0 Å². The van der Waals surface area contributed by atoms with Crippen molar-refractivity contribution in [1.82, 2.24) is 10.2 Å². The molecule has 3 fully saturated rings. The lowest BCUT2D eigenvalue weighted by atomic mass is 9.77. The number of fused-ring (bicyclic) bond motifs is 1. The third-order valence-electron chi connectivity index (χ3n) is 6.81. The Morgan fingerprint density at radius 1 is 1.10 bits per heavy atom. The first kappa shape index (κ1) is 21.0. The molecule has 0 aromatic heterocycles. The SMILES string of the molecule is O=C1CCSC2CCCCC2(C(=O)NC2CCCCC2)N1Cc1ccc(Cl)cc1. The molecule has 0 bridgehead atoms. The maximum Gasteiger partial charge on any atom is 0.247 e. The maximum absolute atomic E-state index is 13.8. The minimum Gasteiger partial charge on any atom is -0.351 e. The topological polar surface area (TPSA) is 49.4 Å². The molecule has 3 aliphatic rings. The Hall–Kier alpha value is -1.20. The Morgan fingerprint density at radius 2 is 1.83 bits per heavy atom. The first-order valence-electron chi connectivity index (χ1n) is 11.1. The lowest BCUT2D eigenvalue weighted by Gasteiger charge is -2.49. The van der Waals surface area contributed by atoms with E-state index >= 15 is 0 Å². The molecule has 29 heavy (non-hydrogen) atoms. The van der Waals surface area contributed by atoms with Crippen LogP contribution >= 0.6 is 23.4 Å². The highest BCUT2D eigenvalue weighted by Gasteiger charge is 2.54. The molecule has 1 saturated heterocycles. The van der Waals surface area contributed by atoms with Gasteiger partial charge in [0.15, 0.2) is 0 Å². The van der Waals surface area contributed by atoms with Crippen LogP contribution in [-0.4, -0.2) is 39.3 Å². The third kappa shape index (κ3) is 4.46. The van der Waals surface area contributed by atoms with Crippen LogP contribution in [0.25, 0.3) is 0 Å². The summed E-state index contributed by atoms with van der Waals surface area (Å²) < 4.78 is 0. The second-order valence-electron chi connectivity index (χ2n) is 8.69. The van der Waals surface area contributed by atoms with Gasteiger partial charge in [0.25, 0.3) is 0 Å². The maximum atomic E-state index is 13.8. The van der Waals surface area contributed by atoms with Gasteiger partial charge in [0, 0.05) is 35.0 Å². The van der Waals surface area contributed by atoms with Crippen molar-refractivity contribution in [2.24, 2.45) is 0 Å². The first-order valence-corrected chi connectivity index (χ1v) is 12.5. The number of hydrogen-bond acceptors (Lipinski definition) is 3. The van der Waals surface area contributed by atoms with Crippen LogP contribution in [-0.2, 0) is 16.1 Å². The summed E-state index contributed by atoms with van der Waals surface area (Å²) in [6.45, 7) is 0.477. The molecule has 1 heterocycles. The molecule has 2 aliphatic carbocycles. The van der Waals surface area contributed by atoms with Crippen molar-refractivity contribution in [3.8, 4) is 0 Å². The monoisotopic (exact) mass is 434 g/mol. The van der Waals surface area contributed by atoms with Gasteiger partial charge in [-0.15, -0.1) is 0 Å². The predicted molar refractivity (Wildman–Crippen MR) is 119 cm³/mol. The van der Waals surface area contributed by atoms with E-state index in [4.69, 9.17) is 11.6 Å². The average Bonchev–Trinajstić information content (AvgIpc) is 2.88. The molecule has 0 radical (unpaired) electrons. The number of carbonyl (C=O) groups is 2. The van der Waals surface area contributed by atoms with Crippen LogP contribution < -0.4 is 5.32 Å². The minimum atomic E-state index is -0.729. The number of halogens is 1. The van der Waals surface area contributed by atoms with Crippen molar-refractivity contribution in [3.05, 3.63) is 34.9 Å². The molecule has 158 valence electrons. The van der Waals surface area contributed by atoms with Gasteiger partial charge in [-0.3, -0.25) is 9.59 Å². The molecule has 4 rings (SSSR count). The van der Waals surface area contributed by atoms with Gasteiger partial charge in [-0.2, -0.15) is 11.8 Å². The van der Waals surface area contributed by atoms with Crippen LogP contribution in [0, 0.1) is 0 Å². The summed E-state index contributed by atoms with van der Waals surface area (Å²) in [5.41, 5.74) is 0.303. The fourth-order valence-corrected chi connectivity index (χ4v) is 6.91. The van der Waals surface area contributed by atoms with E-state index < -0.39 is 5.54 Å². The second kappa shape index (κ2) is 9.30. The van der Waals surface area contributed by atoms with Gasteiger partial charge in [0.05, 0.1) is 0 Å². The van der Waals surface area contributed by atoms with Crippen LogP contribution in [0.4, 0.5) is 0 Å². The normalized spacial score (nSPS) is 28.5. The van der Waals surface area contributed by atoms with Gasteiger partial charge in [-0.05, 0) is 43.4 Å². The number of carbonyl (C=O) groups excluding carboxylic acids is 2. The number of rotatable bonds is 4. The molecule has 2 atom stereocenters. The number of hydrogen-bond donors (Lipinski definition) is 1. The summed E-state index contributed by atoms with van der Waals surface area (Å²) in [4.78, 5) is 29.0. The van der Waals surface area contributed by atoms with Crippen LogP contribution in [0.3, 0.4) is 0 Å². The highest BCUT2D eigenvalue weighted by molar-refractivity contribution is 8.00. The van der Waals surface area contributed by atoms with Crippen molar-refractivity contribution >= 4 is 35.2 Å². The molecule has 1 N–H and O–H groups in total. The summed E-state index contributed by atoms with van der Waals surface area (Å²) in [6.07, 6.45) is 10.2. The Kier molecular flexibility index (Phi) is 6.75. The standard InChI is InChI=1S/C23H31ClN2O2S/c24-18-11-9-17(10-12-18)16-26-21(27)13-15-29-20-8-4-5-14-23(20,26)22(28)25-19-6-2-1-3-7-19/h9-12,19-20H,1-8,13-16H2,(H,25,28). The van der Waals surface area contributed by atoms with Crippen molar-refractivity contribution in [3.63, 3.8) is 0 Å². The van der Waals surface area contributed by atoms with Crippen LogP contribution in [0.2, 0.25) is 5.02 Å². The summed E-state index contributed by atoms with van der Waals surface area (Å²) in [6, 6.07) is 7.92. The van der Waals surface area contributed by atoms with E-state index in [0.717, 1.165) is 49.8 Å². The number of nitrogens with one attached hydrogen (secondary N) is 1. The molecule has 0 spiro atoms. The quantitative estimate of drug-likeness (QED) is 0.730. The molecule has 2 amide bonds. The van der Waals surface area contributed by atoms with E-state index in [1.54, 1.807) is 0 Å². The molecule has 2 saturated carbocycles. The summed E-state index contributed by atoms with van der Waals surface area (Å²) >= 11 is 7.89. The van der Waals surface area contributed by atoms with E-state index in [9.17, 15) is 9.59 Å². The highest BCUT2D eigenvalue weighted by atomic mass is 35.5. The predicted octanol–water partition coefficient (Wildman–Crippen LogP) is 4.94. The zero-order valence-corrected chi connectivity index (χ0v) is 18.6. The summed E-state index contributed by atoms with van der Waals surface area (Å²) in [7, 11) is 0. The highest BCUT2D eigenvalue weighted by Crippen LogP contribution is 2.44. The number of nitrogens with zero attached hydrogens (tertiary/aromatic N) is 1. The zero-order valence-electron chi connectivity index (χ0n) is 17.0. The van der Waals surface area contributed by atoms with Gasteiger partial charge in [-0.1, -0.05) is 55.8 Å². The first-order chi connectivity index (χ1) is 14.1.